The van der Waals surface area contributed by atoms with Crippen LogP contribution in [0, 0.1) is 0 Å². The first-order chi connectivity index (χ1) is 13.8. The quantitative estimate of drug-likeness (QED) is 0.616. The van der Waals surface area contributed by atoms with E-state index in [1.165, 1.54) is 32.4 Å². The lowest BCUT2D eigenvalue weighted by Crippen LogP contribution is -2.50. The van der Waals surface area contributed by atoms with Gasteiger partial charge < -0.3 is 14.8 Å². The summed E-state index contributed by atoms with van der Waals surface area (Å²) in [5.41, 5.74) is 0.854. The molecule has 0 unspecified atom stereocenters. The van der Waals surface area contributed by atoms with E-state index >= 15 is 0 Å². The molecule has 1 amide bonds. The predicted molar refractivity (Wildman–Crippen MR) is 112 cm³/mol. The Kier molecular flexibility index (Phi) is 8.04. The summed E-state index contributed by atoms with van der Waals surface area (Å²) >= 11 is 0. The molecule has 0 aliphatic carbocycles. The maximum absolute atomic E-state index is 13.0. The van der Waals surface area contributed by atoms with E-state index in [0.717, 1.165) is 12.0 Å². The summed E-state index contributed by atoms with van der Waals surface area (Å²) in [6.45, 7) is 3.82. The molecule has 7 nitrogen and oxygen atoms in total. The van der Waals surface area contributed by atoms with Gasteiger partial charge in [-0.25, -0.2) is 8.42 Å². The molecule has 0 heterocycles. The van der Waals surface area contributed by atoms with Gasteiger partial charge in [0.25, 0.3) is 0 Å². The Morgan fingerprint density at radius 3 is 2.28 bits per heavy atom. The Morgan fingerprint density at radius 2 is 1.69 bits per heavy atom. The van der Waals surface area contributed by atoms with E-state index in [4.69, 9.17) is 9.47 Å². The standard InChI is InChI=1S/C21H28N2O5S/c1-5-15(2)22-21(24)18(13-16-9-7-6-8-10-16)23-29(25,26)17-11-12-19(27-3)20(14-17)28-4/h6-12,14-15,18,23H,5,13H2,1-4H3,(H,22,24)/t15-,18+/m1/s1. The van der Waals surface area contributed by atoms with Crippen LogP contribution in [0.5, 0.6) is 11.5 Å². The van der Waals surface area contributed by atoms with E-state index in [1.807, 2.05) is 44.2 Å². The van der Waals surface area contributed by atoms with Gasteiger partial charge in [-0.1, -0.05) is 37.3 Å². The Hall–Kier alpha value is -2.58. The van der Waals surface area contributed by atoms with Crippen molar-refractivity contribution in [3.8, 4) is 11.5 Å². The summed E-state index contributed by atoms with van der Waals surface area (Å²) in [6, 6.07) is 12.6. The van der Waals surface area contributed by atoms with Gasteiger partial charge in [-0.2, -0.15) is 4.72 Å². The summed E-state index contributed by atoms with van der Waals surface area (Å²) in [6.07, 6.45) is 0.974. The lowest BCUT2D eigenvalue weighted by Gasteiger charge is -2.21. The van der Waals surface area contributed by atoms with Crippen LogP contribution in [0.3, 0.4) is 0 Å². The molecule has 2 rings (SSSR count). The van der Waals surface area contributed by atoms with E-state index < -0.39 is 16.1 Å². The summed E-state index contributed by atoms with van der Waals surface area (Å²) in [5, 5.41) is 2.85. The SMILES string of the molecule is CC[C@@H](C)NC(=O)[C@H](Cc1ccccc1)NS(=O)(=O)c1ccc(OC)c(OC)c1. The molecule has 0 fully saturated rings. The van der Waals surface area contributed by atoms with Crippen molar-refractivity contribution in [2.45, 2.75) is 43.7 Å². The van der Waals surface area contributed by atoms with Crippen LogP contribution in [0.15, 0.2) is 53.4 Å². The molecule has 8 heteroatoms. The van der Waals surface area contributed by atoms with Crippen molar-refractivity contribution >= 4 is 15.9 Å². The molecule has 0 saturated carbocycles. The number of hydrogen-bond acceptors (Lipinski definition) is 5. The number of methoxy groups -OCH3 is 2. The molecule has 2 aromatic rings. The number of nitrogens with one attached hydrogen (secondary N) is 2. The van der Waals surface area contributed by atoms with E-state index in [-0.39, 0.29) is 23.3 Å². The van der Waals surface area contributed by atoms with Gasteiger partial charge in [-0.15, -0.1) is 0 Å². The van der Waals surface area contributed by atoms with Crippen LogP contribution in [0.4, 0.5) is 0 Å². The molecule has 0 bridgehead atoms. The molecule has 0 aliphatic heterocycles. The van der Waals surface area contributed by atoms with E-state index in [2.05, 4.69) is 10.0 Å². The lowest BCUT2D eigenvalue weighted by molar-refractivity contribution is -0.123. The number of rotatable bonds is 10. The maximum atomic E-state index is 13.0. The molecule has 2 atom stereocenters. The fourth-order valence-electron chi connectivity index (χ4n) is 2.72. The number of sulfonamides is 1. The average molecular weight is 421 g/mol. The third-order valence-corrected chi connectivity index (χ3v) is 6.03. The van der Waals surface area contributed by atoms with Crippen LogP contribution < -0.4 is 19.5 Å². The molecule has 0 aliphatic rings. The molecule has 2 aromatic carbocycles. The molecular weight excluding hydrogens is 392 g/mol. The van der Waals surface area contributed by atoms with Crippen molar-refractivity contribution in [2.24, 2.45) is 0 Å². The number of hydrogen-bond donors (Lipinski definition) is 2. The molecular formula is C21H28N2O5S. The van der Waals surface area contributed by atoms with Crippen molar-refractivity contribution in [3.05, 3.63) is 54.1 Å². The first kappa shape index (κ1) is 22.7. The van der Waals surface area contributed by atoms with Crippen LogP contribution in [0.1, 0.15) is 25.8 Å². The number of carbonyl (C=O) groups excluding carboxylic acids is 1. The monoisotopic (exact) mass is 420 g/mol. The van der Waals surface area contributed by atoms with Crippen LogP contribution in [0.2, 0.25) is 0 Å². The van der Waals surface area contributed by atoms with Crippen LogP contribution in [-0.4, -0.2) is 40.6 Å². The van der Waals surface area contributed by atoms with Gasteiger partial charge in [0, 0.05) is 12.1 Å². The second-order valence-corrected chi connectivity index (χ2v) is 8.41. The highest BCUT2D eigenvalue weighted by Crippen LogP contribution is 2.29. The number of carbonyl (C=O) groups is 1. The highest BCUT2D eigenvalue weighted by atomic mass is 32.2. The number of amides is 1. The van der Waals surface area contributed by atoms with Gasteiger partial charge in [0.2, 0.25) is 15.9 Å². The largest absolute Gasteiger partial charge is 0.493 e. The Morgan fingerprint density at radius 1 is 1.03 bits per heavy atom. The van der Waals surface area contributed by atoms with E-state index in [9.17, 15) is 13.2 Å². The number of benzene rings is 2. The van der Waals surface area contributed by atoms with Crippen molar-refractivity contribution in [2.75, 3.05) is 14.2 Å². The van der Waals surface area contributed by atoms with Gasteiger partial charge in [-0.05, 0) is 37.5 Å². The highest BCUT2D eigenvalue weighted by Gasteiger charge is 2.27. The minimum atomic E-state index is -3.97. The molecule has 2 N–H and O–H groups in total. The Labute approximate surface area is 172 Å². The zero-order valence-corrected chi connectivity index (χ0v) is 18.0. The second kappa shape index (κ2) is 10.3. The fraction of sp³-hybridized carbons (Fsp3) is 0.381. The van der Waals surface area contributed by atoms with Crippen molar-refractivity contribution in [1.29, 1.82) is 0 Å². The minimum Gasteiger partial charge on any atom is -0.493 e. The van der Waals surface area contributed by atoms with Crippen LogP contribution in [0.25, 0.3) is 0 Å². The molecule has 29 heavy (non-hydrogen) atoms. The summed E-state index contributed by atoms with van der Waals surface area (Å²) < 4.78 is 38.8. The zero-order valence-electron chi connectivity index (χ0n) is 17.1. The molecule has 158 valence electrons. The molecule has 0 aromatic heterocycles. The zero-order chi connectivity index (χ0) is 21.4. The molecule has 0 radical (unpaired) electrons. The van der Waals surface area contributed by atoms with Crippen LogP contribution in [-0.2, 0) is 21.2 Å². The lowest BCUT2D eigenvalue weighted by atomic mass is 10.1. The van der Waals surface area contributed by atoms with Crippen molar-refractivity contribution < 1.29 is 22.7 Å². The topological polar surface area (TPSA) is 93.7 Å². The molecule has 0 saturated heterocycles. The predicted octanol–water partition coefficient (Wildman–Crippen LogP) is 2.51. The Balaban J connectivity index is 2.31. The highest BCUT2D eigenvalue weighted by molar-refractivity contribution is 7.89. The first-order valence-electron chi connectivity index (χ1n) is 9.39. The molecule has 0 spiro atoms. The average Bonchev–Trinajstić information content (AvgIpc) is 2.73. The first-order valence-corrected chi connectivity index (χ1v) is 10.9. The van der Waals surface area contributed by atoms with E-state index in [1.54, 1.807) is 0 Å². The van der Waals surface area contributed by atoms with Crippen molar-refractivity contribution in [1.82, 2.24) is 10.0 Å². The van der Waals surface area contributed by atoms with Gasteiger partial charge in [-0.3, -0.25) is 4.79 Å². The van der Waals surface area contributed by atoms with Gasteiger partial charge in [0.05, 0.1) is 19.1 Å². The second-order valence-electron chi connectivity index (χ2n) is 6.70. The van der Waals surface area contributed by atoms with E-state index in [0.29, 0.717) is 11.5 Å². The number of ether oxygens (including phenoxy) is 2. The third-order valence-electron chi connectivity index (χ3n) is 4.56. The minimum absolute atomic E-state index is 0.00967. The van der Waals surface area contributed by atoms with Gasteiger partial charge in [0.1, 0.15) is 6.04 Å². The normalized spacial score (nSPS) is 13.4. The van der Waals surface area contributed by atoms with Gasteiger partial charge in [0.15, 0.2) is 11.5 Å². The smallest absolute Gasteiger partial charge is 0.241 e. The summed E-state index contributed by atoms with van der Waals surface area (Å²) in [7, 11) is -1.07. The summed E-state index contributed by atoms with van der Waals surface area (Å²) in [5.74, 6) is 0.341. The van der Waals surface area contributed by atoms with Gasteiger partial charge >= 0.3 is 0 Å². The third kappa shape index (κ3) is 6.20. The fourth-order valence-corrected chi connectivity index (χ4v) is 3.93. The Bertz CT molecular complexity index is 916. The summed E-state index contributed by atoms with van der Waals surface area (Å²) in [4.78, 5) is 12.8. The maximum Gasteiger partial charge on any atom is 0.241 e. The van der Waals surface area contributed by atoms with Crippen molar-refractivity contribution in [3.63, 3.8) is 0 Å². The van der Waals surface area contributed by atoms with Crippen LogP contribution >= 0.6 is 0 Å².